The number of nitrogens with one attached hydrogen (secondary N) is 1. The standard InChI is InChI=1S/C8H9NO3.C5H13N3O/c9-12-6-11-8(10)7-4-2-1-3-5-7;6-7-8-3-1-2-5(8)4-9/h1-5H,6,9H2;5,7,9H,1-4,6H2. The highest BCUT2D eigenvalue weighted by atomic mass is 16.7. The first-order valence-electron chi connectivity index (χ1n) is 6.60. The predicted molar refractivity (Wildman–Crippen MR) is 76.1 cm³/mol. The first-order valence-corrected chi connectivity index (χ1v) is 6.60. The molecule has 0 bridgehead atoms. The fourth-order valence-electron chi connectivity index (χ4n) is 1.94. The van der Waals surface area contributed by atoms with Crippen LogP contribution in [0, 0.1) is 0 Å². The van der Waals surface area contributed by atoms with E-state index in [0.717, 1.165) is 19.4 Å². The van der Waals surface area contributed by atoms with E-state index in [4.69, 9.17) is 10.9 Å². The molecule has 0 aromatic heterocycles. The molecule has 1 saturated heterocycles. The minimum absolute atomic E-state index is 0.199. The van der Waals surface area contributed by atoms with Crippen molar-refractivity contribution in [3.8, 4) is 0 Å². The van der Waals surface area contributed by atoms with Gasteiger partial charge in [0.05, 0.1) is 12.2 Å². The molecule has 1 aliphatic rings. The second kappa shape index (κ2) is 10.2. The van der Waals surface area contributed by atoms with Gasteiger partial charge >= 0.3 is 5.97 Å². The van der Waals surface area contributed by atoms with E-state index < -0.39 is 5.97 Å². The summed E-state index contributed by atoms with van der Waals surface area (Å²) in [6.45, 7) is 0.916. The lowest BCUT2D eigenvalue weighted by atomic mass is 10.2. The van der Waals surface area contributed by atoms with E-state index in [1.807, 2.05) is 11.1 Å². The Morgan fingerprint density at radius 3 is 2.67 bits per heavy atom. The van der Waals surface area contributed by atoms with E-state index in [-0.39, 0.29) is 19.4 Å². The zero-order chi connectivity index (χ0) is 15.5. The fourth-order valence-corrected chi connectivity index (χ4v) is 1.94. The number of hydrogen-bond donors (Lipinski definition) is 4. The number of hydrazine groups is 2. The lowest BCUT2D eigenvalue weighted by Gasteiger charge is -2.19. The van der Waals surface area contributed by atoms with Crippen molar-refractivity contribution in [2.75, 3.05) is 19.9 Å². The van der Waals surface area contributed by atoms with Crippen LogP contribution in [0.15, 0.2) is 30.3 Å². The van der Waals surface area contributed by atoms with Crippen molar-refractivity contribution < 1.29 is 19.5 Å². The van der Waals surface area contributed by atoms with Gasteiger partial charge in [-0.25, -0.2) is 15.7 Å². The second-order valence-corrected chi connectivity index (χ2v) is 4.38. The minimum atomic E-state index is -0.443. The molecule has 0 aliphatic carbocycles. The molecule has 1 aromatic rings. The van der Waals surface area contributed by atoms with Gasteiger partial charge in [-0.1, -0.05) is 18.2 Å². The largest absolute Gasteiger partial charge is 0.433 e. The van der Waals surface area contributed by atoms with Crippen LogP contribution in [0.5, 0.6) is 0 Å². The number of carbonyl (C=O) groups is 1. The van der Waals surface area contributed by atoms with Crippen molar-refractivity contribution >= 4 is 5.97 Å². The molecule has 8 nitrogen and oxygen atoms in total. The van der Waals surface area contributed by atoms with Gasteiger partial charge in [-0.3, -0.25) is 10.7 Å². The zero-order valence-corrected chi connectivity index (χ0v) is 11.8. The van der Waals surface area contributed by atoms with Crippen molar-refractivity contribution in [1.82, 2.24) is 10.5 Å². The number of aliphatic hydroxyl groups is 1. The highest BCUT2D eigenvalue weighted by molar-refractivity contribution is 5.89. The number of esters is 1. The predicted octanol–water partition coefficient (Wildman–Crippen LogP) is -0.487. The monoisotopic (exact) mass is 298 g/mol. The van der Waals surface area contributed by atoms with E-state index >= 15 is 0 Å². The lowest BCUT2D eigenvalue weighted by Crippen LogP contribution is -2.47. The van der Waals surface area contributed by atoms with Crippen LogP contribution < -0.4 is 17.3 Å². The molecule has 8 heteroatoms. The van der Waals surface area contributed by atoms with Gasteiger partial charge in [0.25, 0.3) is 0 Å². The van der Waals surface area contributed by atoms with E-state index in [2.05, 4.69) is 21.0 Å². The topological polar surface area (TPSA) is 123 Å². The quantitative estimate of drug-likeness (QED) is 0.249. The number of carbonyl (C=O) groups excluding carboxylic acids is 1. The Balaban J connectivity index is 0.000000219. The Morgan fingerprint density at radius 1 is 1.43 bits per heavy atom. The Kier molecular flexibility index (Phi) is 8.51. The van der Waals surface area contributed by atoms with Crippen molar-refractivity contribution in [3.63, 3.8) is 0 Å². The Morgan fingerprint density at radius 2 is 2.14 bits per heavy atom. The Bertz CT molecular complexity index is 394. The molecular formula is C13H22N4O4. The summed E-state index contributed by atoms with van der Waals surface area (Å²) < 4.78 is 4.59. The molecular weight excluding hydrogens is 276 g/mol. The first kappa shape index (κ1) is 17.5. The number of aliphatic hydroxyl groups excluding tert-OH is 1. The van der Waals surface area contributed by atoms with E-state index in [1.165, 1.54) is 0 Å². The molecule has 0 amide bonds. The summed E-state index contributed by atoms with van der Waals surface area (Å²) in [5.74, 6) is 9.40. The van der Waals surface area contributed by atoms with E-state index in [1.54, 1.807) is 24.3 Å². The third-order valence-corrected chi connectivity index (χ3v) is 3.02. The molecule has 1 fully saturated rings. The van der Waals surface area contributed by atoms with Crippen LogP contribution in [0.25, 0.3) is 0 Å². The van der Waals surface area contributed by atoms with E-state index in [9.17, 15) is 4.79 Å². The van der Waals surface area contributed by atoms with Gasteiger partial charge in [-0.2, -0.15) is 5.53 Å². The SMILES string of the molecule is NNN1CCCC1CO.NOCOC(=O)c1ccccc1. The highest BCUT2D eigenvalue weighted by Crippen LogP contribution is 2.12. The normalized spacial score (nSPS) is 18.0. The molecule has 118 valence electrons. The van der Waals surface area contributed by atoms with Gasteiger partial charge in [0.2, 0.25) is 6.79 Å². The maximum absolute atomic E-state index is 11.0. The maximum atomic E-state index is 11.0. The summed E-state index contributed by atoms with van der Waals surface area (Å²) in [6, 6.07) is 8.85. The van der Waals surface area contributed by atoms with Crippen molar-refractivity contribution in [2.45, 2.75) is 18.9 Å². The summed E-state index contributed by atoms with van der Waals surface area (Å²) in [7, 11) is 0. The van der Waals surface area contributed by atoms with Gasteiger partial charge in [0, 0.05) is 12.6 Å². The van der Waals surface area contributed by atoms with Gasteiger partial charge in [-0.05, 0) is 25.0 Å². The molecule has 0 saturated carbocycles. The smallest absolute Gasteiger partial charge is 0.340 e. The summed E-state index contributed by atoms with van der Waals surface area (Å²) in [5, 5.41) is 10.6. The number of ether oxygens (including phenoxy) is 1. The van der Waals surface area contributed by atoms with Gasteiger partial charge in [0.15, 0.2) is 0 Å². The van der Waals surface area contributed by atoms with Crippen LogP contribution in [0.4, 0.5) is 0 Å². The number of rotatable bonds is 5. The molecule has 6 N–H and O–H groups in total. The van der Waals surface area contributed by atoms with Crippen LogP contribution >= 0.6 is 0 Å². The maximum Gasteiger partial charge on any atom is 0.340 e. The van der Waals surface area contributed by atoms with Crippen LogP contribution in [0.1, 0.15) is 23.2 Å². The number of hydrogen-bond acceptors (Lipinski definition) is 8. The summed E-state index contributed by atoms with van der Waals surface area (Å²) in [6.07, 6.45) is 2.16. The molecule has 0 spiro atoms. The third kappa shape index (κ3) is 6.17. The lowest BCUT2D eigenvalue weighted by molar-refractivity contribution is -0.0326. The van der Waals surface area contributed by atoms with Crippen molar-refractivity contribution in [1.29, 1.82) is 0 Å². The molecule has 21 heavy (non-hydrogen) atoms. The second-order valence-electron chi connectivity index (χ2n) is 4.38. The minimum Gasteiger partial charge on any atom is -0.433 e. The molecule has 2 rings (SSSR count). The zero-order valence-electron chi connectivity index (χ0n) is 11.8. The van der Waals surface area contributed by atoms with Gasteiger partial charge in [0.1, 0.15) is 0 Å². The number of nitrogens with two attached hydrogens (primary N) is 2. The van der Waals surface area contributed by atoms with Crippen LogP contribution in [0.2, 0.25) is 0 Å². The van der Waals surface area contributed by atoms with Crippen molar-refractivity contribution in [2.24, 2.45) is 11.7 Å². The van der Waals surface area contributed by atoms with Crippen molar-refractivity contribution in [3.05, 3.63) is 35.9 Å². The number of nitrogens with zero attached hydrogens (tertiary/aromatic N) is 1. The molecule has 1 aliphatic heterocycles. The highest BCUT2D eigenvalue weighted by Gasteiger charge is 2.21. The van der Waals surface area contributed by atoms with E-state index in [0.29, 0.717) is 5.56 Å². The summed E-state index contributed by atoms with van der Waals surface area (Å²) in [5.41, 5.74) is 3.02. The van der Waals surface area contributed by atoms with Gasteiger partial charge in [-0.15, -0.1) is 0 Å². The molecule has 0 radical (unpaired) electrons. The molecule has 1 aromatic carbocycles. The van der Waals surface area contributed by atoms with Crippen LogP contribution in [-0.4, -0.2) is 42.1 Å². The van der Waals surface area contributed by atoms with Crippen LogP contribution in [0.3, 0.4) is 0 Å². The summed E-state index contributed by atoms with van der Waals surface area (Å²) in [4.78, 5) is 15.1. The Hall–Kier alpha value is -1.55. The average Bonchev–Trinajstić information content (AvgIpc) is 3.01. The van der Waals surface area contributed by atoms with Crippen LogP contribution in [-0.2, 0) is 9.57 Å². The molecule has 1 unspecified atom stereocenters. The van der Waals surface area contributed by atoms with Gasteiger partial charge < -0.3 is 9.84 Å². The average molecular weight is 298 g/mol. The fraction of sp³-hybridized carbons (Fsp3) is 0.462. The molecule has 1 heterocycles. The molecule has 1 atom stereocenters. The summed E-state index contributed by atoms with van der Waals surface area (Å²) >= 11 is 0. The Labute approximate surface area is 123 Å². The third-order valence-electron chi connectivity index (χ3n) is 3.02. The number of benzene rings is 1. The first-order chi connectivity index (χ1) is 10.2.